The van der Waals surface area contributed by atoms with E-state index in [-0.39, 0.29) is 0 Å². The Morgan fingerprint density at radius 2 is 1.00 bits per heavy atom. The molecule has 0 spiro atoms. The zero-order valence-corrected chi connectivity index (χ0v) is 12.4. The van der Waals surface area contributed by atoms with Gasteiger partial charge in [-0.1, -0.05) is 24.3 Å². The van der Waals surface area contributed by atoms with Crippen molar-refractivity contribution in [3.05, 3.63) is 24.3 Å². The monoisotopic (exact) mass is 336 g/mol. The lowest BCUT2D eigenvalue weighted by molar-refractivity contribution is -0.172. The van der Waals surface area contributed by atoms with Gasteiger partial charge < -0.3 is 20.4 Å². The van der Waals surface area contributed by atoms with Crippen LogP contribution in [-0.2, 0) is 19.2 Å². The molecule has 128 valence electrons. The fourth-order valence-corrected chi connectivity index (χ4v) is 4.76. The van der Waals surface area contributed by atoms with Gasteiger partial charge >= 0.3 is 23.9 Å². The molecule has 4 aliphatic rings. The lowest BCUT2D eigenvalue weighted by Crippen LogP contribution is -2.58. The van der Waals surface area contributed by atoms with E-state index in [1.807, 2.05) is 0 Å². The maximum atomic E-state index is 11.7. The quantitative estimate of drug-likeness (QED) is 0.539. The normalized spacial score (nSPS) is 42.3. The van der Waals surface area contributed by atoms with E-state index in [1.54, 1.807) is 18.2 Å². The third-order valence-electron chi connectivity index (χ3n) is 5.59. The van der Waals surface area contributed by atoms with Gasteiger partial charge in [-0.2, -0.15) is 0 Å². The van der Waals surface area contributed by atoms with Gasteiger partial charge in [-0.15, -0.1) is 0 Å². The van der Waals surface area contributed by atoms with Crippen LogP contribution in [0.25, 0.3) is 0 Å². The fourth-order valence-electron chi connectivity index (χ4n) is 4.76. The number of rotatable bonds is 4. The summed E-state index contributed by atoms with van der Waals surface area (Å²) < 4.78 is 0. The van der Waals surface area contributed by atoms with Gasteiger partial charge in [0.2, 0.25) is 0 Å². The number of aliphatic carboxylic acids is 4. The SMILES string of the molecule is O=C(O)C1C=CC2C3C=CC(C(C(=O)O)C3C(=O)O)C2C1C(=O)O. The number of allylic oxidation sites excluding steroid dienone is 3. The maximum absolute atomic E-state index is 11.7. The Morgan fingerprint density at radius 1 is 0.542 bits per heavy atom. The van der Waals surface area contributed by atoms with Crippen molar-refractivity contribution in [3.8, 4) is 0 Å². The first-order valence-electron chi connectivity index (χ1n) is 7.53. The van der Waals surface area contributed by atoms with Crippen LogP contribution in [0.5, 0.6) is 0 Å². The predicted molar refractivity (Wildman–Crippen MR) is 76.7 cm³/mol. The highest BCUT2D eigenvalue weighted by molar-refractivity contribution is 5.85. The van der Waals surface area contributed by atoms with Crippen LogP contribution in [0.15, 0.2) is 24.3 Å². The number of fused-ring (bicyclic) bond motifs is 1. The molecule has 0 saturated heterocycles. The van der Waals surface area contributed by atoms with Crippen LogP contribution in [0.4, 0.5) is 0 Å². The highest BCUT2D eigenvalue weighted by atomic mass is 16.4. The van der Waals surface area contributed by atoms with Gasteiger partial charge in [-0.3, -0.25) is 19.2 Å². The first-order valence-corrected chi connectivity index (χ1v) is 7.53. The van der Waals surface area contributed by atoms with Crippen LogP contribution < -0.4 is 0 Å². The molecule has 0 aromatic rings. The summed E-state index contributed by atoms with van der Waals surface area (Å²) in [4.78, 5) is 46.3. The van der Waals surface area contributed by atoms with Crippen molar-refractivity contribution in [3.63, 3.8) is 0 Å². The number of carboxylic acid groups (broad SMARTS) is 4. The number of hydrogen-bond donors (Lipinski definition) is 4. The van der Waals surface area contributed by atoms with Gasteiger partial charge in [-0.25, -0.2) is 0 Å². The minimum Gasteiger partial charge on any atom is -0.481 e. The summed E-state index contributed by atoms with van der Waals surface area (Å²) in [5, 5.41) is 37.8. The summed E-state index contributed by atoms with van der Waals surface area (Å²) in [6.07, 6.45) is 6.04. The lowest BCUT2D eigenvalue weighted by Gasteiger charge is -2.53. The zero-order chi connectivity index (χ0) is 17.8. The number of carbonyl (C=O) groups is 4. The first kappa shape index (κ1) is 16.2. The smallest absolute Gasteiger partial charge is 0.311 e. The second-order valence-corrected chi connectivity index (χ2v) is 6.54. The summed E-state index contributed by atoms with van der Waals surface area (Å²) in [6, 6.07) is 0. The third kappa shape index (κ3) is 2.13. The van der Waals surface area contributed by atoms with Crippen molar-refractivity contribution in [2.45, 2.75) is 0 Å². The highest BCUT2D eigenvalue weighted by Gasteiger charge is 2.61. The van der Waals surface area contributed by atoms with Gasteiger partial charge in [-0.05, 0) is 23.7 Å². The third-order valence-corrected chi connectivity index (χ3v) is 5.59. The van der Waals surface area contributed by atoms with E-state index in [1.165, 1.54) is 6.08 Å². The largest absolute Gasteiger partial charge is 0.481 e. The minimum absolute atomic E-state index is 0.492. The molecule has 0 amide bonds. The maximum Gasteiger partial charge on any atom is 0.311 e. The molecule has 24 heavy (non-hydrogen) atoms. The average Bonchev–Trinajstić information content (AvgIpc) is 2.52. The van der Waals surface area contributed by atoms with E-state index in [4.69, 9.17) is 0 Å². The van der Waals surface area contributed by atoms with E-state index < -0.39 is 71.2 Å². The van der Waals surface area contributed by atoms with Gasteiger partial charge in [0, 0.05) is 0 Å². The molecular weight excluding hydrogens is 320 g/mol. The van der Waals surface area contributed by atoms with Crippen LogP contribution in [-0.4, -0.2) is 44.3 Å². The van der Waals surface area contributed by atoms with Crippen LogP contribution in [0, 0.1) is 47.3 Å². The Morgan fingerprint density at radius 3 is 1.50 bits per heavy atom. The highest BCUT2D eigenvalue weighted by Crippen LogP contribution is 2.57. The number of carboxylic acids is 4. The molecule has 4 rings (SSSR count). The molecule has 8 nitrogen and oxygen atoms in total. The fraction of sp³-hybridized carbons (Fsp3) is 0.500. The topological polar surface area (TPSA) is 149 Å². The molecule has 4 N–H and O–H groups in total. The van der Waals surface area contributed by atoms with Crippen LogP contribution in [0.3, 0.4) is 0 Å². The summed E-state index contributed by atoms with van der Waals surface area (Å²) in [7, 11) is 0. The van der Waals surface area contributed by atoms with E-state index in [0.29, 0.717) is 0 Å². The second kappa shape index (κ2) is 5.47. The van der Waals surface area contributed by atoms with Crippen LogP contribution in [0.1, 0.15) is 0 Å². The van der Waals surface area contributed by atoms with Crippen molar-refractivity contribution >= 4 is 23.9 Å². The molecule has 8 atom stereocenters. The number of hydrogen-bond acceptors (Lipinski definition) is 4. The van der Waals surface area contributed by atoms with Crippen molar-refractivity contribution < 1.29 is 39.6 Å². The molecule has 0 radical (unpaired) electrons. The van der Waals surface area contributed by atoms with E-state index >= 15 is 0 Å². The minimum atomic E-state index is -1.31. The van der Waals surface area contributed by atoms with Crippen molar-refractivity contribution in [2.24, 2.45) is 47.3 Å². The molecule has 2 bridgehead atoms. The molecule has 0 heterocycles. The molecule has 0 aromatic carbocycles. The Kier molecular flexibility index (Phi) is 3.70. The standard InChI is InChI=1S/C16H16O8/c17-13(18)8-4-2-5-6-1-3-7(9(5)12(8)16(23)24)11(15(21)22)10(6)14(19)20/h1-12H,(H,17,18)(H,19,20)(H,21,22)(H,23,24). The molecule has 1 fully saturated rings. The second-order valence-electron chi connectivity index (χ2n) is 6.54. The Balaban J connectivity index is 2.12. The van der Waals surface area contributed by atoms with Gasteiger partial charge in [0.1, 0.15) is 0 Å². The molecule has 0 aliphatic heterocycles. The summed E-state index contributed by atoms with van der Waals surface area (Å²) in [6.45, 7) is 0. The molecule has 1 saturated carbocycles. The van der Waals surface area contributed by atoms with Crippen molar-refractivity contribution in [1.29, 1.82) is 0 Å². The van der Waals surface area contributed by atoms with Gasteiger partial charge in [0.05, 0.1) is 23.7 Å². The zero-order valence-electron chi connectivity index (χ0n) is 12.4. The molecule has 8 unspecified atom stereocenters. The van der Waals surface area contributed by atoms with Crippen LogP contribution >= 0.6 is 0 Å². The lowest BCUT2D eigenvalue weighted by atomic mass is 9.48. The first-order chi connectivity index (χ1) is 11.3. The summed E-state index contributed by atoms with van der Waals surface area (Å²) in [5.74, 6) is -12.8. The molecular formula is C16H16O8. The van der Waals surface area contributed by atoms with Gasteiger partial charge in [0.15, 0.2) is 0 Å². The van der Waals surface area contributed by atoms with Crippen molar-refractivity contribution in [2.75, 3.05) is 0 Å². The average molecular weight is 336 g/mol. The van der Waals surface area contributed by atoms with E-state index in [9.17, 15) is 39.6 Å². The van der Waals surface area contributed by atoms with E-state index in [2.05, 4.69) is 0 Å². The van der Waals surface area contributed by atoms with Crippen LogP contribution in [0.2, 0.25) is 0 Å². The van der Waals surface area contributed by atoms with Crippen molar-refractivity contribution in [1.82, 2.24) is 0 Å². The molecule has 0 aromatic heterocycles. The Bertz CT molecular complexity index is 678. The van der Waals surface area contributed by atoms with E-state index in [0.717, 1.165) is 0 Å². The molecule has 8 heteroatoms. The summed E-state index contributed by atoms with van der Waals surface area (Å²) in [5.41, 5.74) is 0. The Hall–Kier alpha value is -2.64. The summed E-state index contributed by atoms with van der Waals surface area (Å²) >= 11 is 0. The molecule has 4 aliphatic carbocycles. The Labute approximate surface area is 136 Å². The predicted octanol–water partition coefficient (Wildman–Crippen LogP) is 0.408. The van der Waals surface area contributed by atoms with Gasteiger partial charge in [0.25, 0.3) is 0 Å².